The van der Waals surface area contributed by atoms with Gasteiger partial charge in [0, 0.05) is 19.1 Å². The van der Waals surface area contributed by atoms with Crippen LogP contribution in [0.1, 0.15) is 38.5 Å². The Labute approximate surface area is 137 Å². The van der Waals surface area contributed by atoms with Crippen LogP contribution in [0.2, 0.25) is 0 Å². The van der Waals surface area contributed by atoms with Crippen LogP contribution in [0.3, 0.4) is 0 Å². The van der Waals surface area contributed by atoms with Gasteiger partial charge in [0.2, 0.25) is 0 Å². The maximum Gasteiger partial charge on any atom is 0.407 e. The number of carbonyl (C=O) groups excluding carboxylic acids is 2. The maximum absolute atomic E-state index is 12.6. The molecular weight excluding hydrogens is 294 g/mol. The lowest BCUT2D eigenvalue weighted by atomic mass is 9.54. The Morgan fingerprint density at radius 2 is 1.65 bits per heavy atom. The highest BCUT2D eigenvalue weighted by Gasteiger charge is 2.49. The van der Waals surface area contributed by atoms with Crippen molar-refractivity contribution in [2.45, 2.75) is 50.6 Å². The van der Waals surface area contributed by atoms with E-state index in [4.69, 9.17) is 0 Å². The molecular formula is C17H27N3O3. The summed E-state index contributed by atoms with van der Waals surface area (Å²) in [6.45, 7) is 1.28. The van der Waals surface area contributed by atoms with Crippen molar-refractivity contribution in [3.05, 3.63) is 0 Å². The molecule has 4 bridgehead atoms. The predicted molar refractivity (Wildman–Crippen MR) is 84.9 cm³/mol. The predicted octanol–water partition coefficient (Wildman–Crippen LogP) is 1.95. The van der Waals surface area contributed by atoms with E-state index in [-0.39, 0.29) is 12.1 Å². The van der Waals surface area contributed by atoms with E-state index in [1.807, 2.05) is 4.90 Å². The molecule has 5 rings (SSSR count). The largest absolute Gasteiger partial charge is 0.453 e. The minimum Gasteiger partial charge on any atom is -0.453 e. The van der Waals surface area contributed by atoms with Gasteiger partial charge < -0.3 is 20.3 Å². The Kier molecular flexibility index (Phi) is 3.85. The van der Waals surface area contributed by atoms with Crippen LogP contribution < -0.4 is 10.6 Å². The first-order valence-corrected chi connectivity index (χ1v) is 9.02. The highest BCUT2D eigenvalue weighted by Crippen LogP contribution is 2.53. The second kappa shape index (κ2) is 5.87. The maximum atomic E-state index is 12.6. The van der Waals surface area contributed by atoms with Gasteiger partial charge in [-0.05, 0) is 62.2 Å². The fourth-order valence-corrected chi connectivity index (χ4v) is 5.68. The van der Waals surface area contributed by atoms with E-state index < -0.39 is 6.09 Å². The van der Waals surface area contributed by atoms with Crippen LogP contribution in [-0.4, -0.2) is 49.3 Å². The molecule has 5 aliphatic rings. The summed E-state index contributed by atoms with van der Waals surface area (Å²) < 4.78 is 4.62. The van der Waals surface area contributed by atoms with Crippen LogP contribution >= 0.6 is 0 Å². The summed E-state index contributed by atoms with van der Waals surface area (Å²) in [5, 5.41) is 6.12. The lowest BCUT2D eigenvalue weighted by Gasteiger charge is -2.54. The first kappa shape index (κ1) is 15.1. The zero-order valence-corrected chi connectivity index (χ0v) is 13.8. The molecule has 0 radical (unpaired) electrons. The normalized spacial score (nSPS) is 41.0. The second-order valence-corrected chi connectivity index (χ2v) is 7.97. The van der Waals surface area contributed by atoms with E-state index in [2.05, 4.69) is 15.4 Å². The van der Waals surface area contributed by atoms with E-state index in [0.29, 0.717) is 31.0 Å². The molecule has 128 valence electrons. The van der Waals surface area contributed by atoms with Crippen LogP contribution in [0.25, 0.3) is 0 Å². The summed E-state index contributed by atoms with van der Waals surface area (Å²) in [6, 6.07) is 0.436. The van der Waals surface area contributed by atoms with Gasteiger partial charge in [-0.1, -0.05) is 0 Å². The molecule has 0 aromatic carbocycles. The van der Waals surface area contributed by atoms with Gasteiger partial charge in [0.25, 0.3) is 0 Å². The fraction of sp³-hybridized carbons (Fsp3) is 0.882. The summed E-state index contributed by atoms with van der Waals surface area (Å²) in [5.41, 5.74) is 0. The number of ether oxygens (including phenoxy) is 1. The van der Waals surface area contributed by atoms with Gasteiger partial charge in [-0.3, -0.25) is 0 Å². The van der Waals surface area contributed by atoms with Crippen LogP contribution in [0.5, 0.6) is 0 Å². The number of urea groups is 1. The smallest absolute Gasteiger partial charge is 0.407 e. The zero-order valence-electron chi connectivity index (χ0n) is 13.8. The number of nitrogens with one attached hydrogen (secondary N) is 2. The van der Waals surface area contributed by atoms with E-state index in [0.717, 1.165) is 18.3 Å². The lowest BCUT2D eigenvalue weighted by Crippen LogP contribution is -2.57. The standard InChI is InChI=1S/C17H27N3O3/c1-23-17(22)18-14-2-3-20(9-14)16(21)19-15-12-5-10-4-11(7-12)8-13(15)6-10/h10-15H,2-9H2,1H3,(H,18,22)(H,19,21)/t10?,11?,12?,13?,14-,15?/m1/s1. The van der Waals surface area contributed by atoms with Crippen molar-refractivity contribution in [2.24, 2.45) is 23.7 Å². The molecule has 1 saturated heterocycles. The SMILES string of the molecule is COC(=O)N[C@@H]1CCN(C(=O)NC2C3CC4CC(C3)CC2C4)C1. The van der Waals surface area contributed by atoms with Gasteiger partial charge in [0.05, 0.1) is 13.2 Å². The molecule has 3 amide bonds. The van der Waals surface area contributed by atoms with Crippen molar-refractivity contribution in [1.29, 1.82) is 0 Å². The molecule has 1 atom stereocenters. The summed E-state index contributed by atoms with van der Waals surface area (Å²) in [6.07, 6.45) is 7.05. The third-order valence-electron chi connectivity index (χ3n) is 6.50. The number of nitrogens with zero attached hydrogens (tertiary/aromatic N) is 1. The molecule has 4 saturated carbocycles. The highest BCUT2D eigenvalue weighted by molar-refractivity contribution is 5.75. The molecule has 1 aliphatic heterocycles. The van der Waals surface area contributed by atoms with Crippen molar-refractivity contribution in [1.82, 2.24) is 15.5 Å². The summed E-state index contributed by atoms with van der Waals surface area (Å²) >= 11 is 0. The highest BCUT2D eigenvalue weighted by atomic mass is 16.5. The van der Waals surface area contributed by atoms with Gasteiger partial charge >= 0.3 is 12.1 Å². The number of amides is 3. The Morgan fingerprint density at radius 1 is 1.00 bits per heavy atom. The molecule has 2 N–H and O–H groups in total. The average Bonchev–Trinajstić information content (AvgIpc) is 2.98. The molecule has 23 heavy (non-hydrogen) atoms. The van der Waals surface area contributed by atoms with Crippen molar-refractivity contribution >= 4 is 12.1 Å². The number of likely N-dealkylation sites (tertiary alicyclic amines) is 1. The topological polar surface area (TPSA) is 70.7 Å². The Morgan fingerprint density at radius 3 is 2.26 bits per heavy atom. The van der Waals surface area contributed by atoms with Gasteiger partial charge in [-0.2, -0.15) is 0 Å². The van der Waals surface area contributed by atoms with Gasteiger partial charge in [0.15, 0.2) is 0 Å². The monoisotopic (exact) mass is 321 g/mol. The molecule has 0 aromatic heterocycles. The molecule has 1 heterocycles. The Hall–Kier alpha value is -1.46. The number of hydrogen-bond donors (Lipinski definition) is 2. The quantitative estimate of drug-likeness (QED) is 0.817. The second-order valence-electron chi connectivity index (χ2n) is 7.97. The zero-order chi connectivity index (χ0) is 16.0. The molecule has 0 spiro atoms. The number of methoxy groups -OCH3 is 1. The Bertz CT molecular complexity index is 467. The molecule has 0 aromatic rings. The van der Waals surface area contributed by atoms with Crippen molar-refractivity contribution in [3.63, 3.8) is 0 Å². The van der Waals surface area contributed by atoms with E-state index in [1.165, 1.54) is 39.2 Å². The first-order valence-electron chi connectivity index (χ1n) is 9.02. The van der Waals surface area contributed by atoms with Crippen molar-refractivity contribution in [3.8, 4) is 0 Å². The number of carbonyl (C=O) groups is 2. The van der Waals surface area contributed by atoms with Gasteiger partial charge in [0.1, 0.15) is 0 Å². The van der Waals surface area contributed by atoms with Crippen LogP contribution in [0.4, 0.5) is 9.59 Å². The minimum absolute atomic E-state index is 0.00620. The van der Waals surface area contributed by atoms with E-state index >= 15 is 0 Å². The molecule has 5 fully saturated rings. The fourth-order valence-electron chi connectivity index (χ4n) is 5.68. The lowest BCUT2D eigenvalue weighted by molar-refractivity contribution is -0.0107. The number of hydrogen-bond acceptors (Lipinski definition) is 3. The summed E-state index contributed by atoms with van der Waals surface area (Å²) in [7, 11) is 1.36. The third-order valence-corrected chi connectivity index (χ3v) is 6.50. The Balaban J connectivity index is 1.31. The summed E-state index contributed by atoms with van der Waals surface area (Å²) in [4.78, 5) is 25.7. The summed E-state index contributed by atoms with van der Waals surface area (Å²) in [5.74, 6) is 3.24. The van der Waals surface area contributed by atoms with Gasteiger partial charge in [-0.25, -0.2) is 9.59 Å². The molecule has 4 aliphatic carbocycles. The number of alkyl carbamates (subject to hydrolysis) is 1. The van der Waals surface area contributed by atoms with Crippen molar-refractivity contribution in [2.75, 3.05) is 20.2 Å². The van der Waals surface area contributed by atoms with E-state index in [9.17, 15) is 9.59 Å². The molecule has 6 heteroatoms. The number of rotatable bonds is 2. The minimum atomic E-state index is -0.418. The van der Waals surface area contributed by atoms with Crippen molar-refractivity contribution < 1.29 is 14.3 Å². The molecule has 0 unspecified atom stereocenters. The van der Waals surface area contributed by atoms with Crippen LogP contribution in [0.15, 0.2) is 0 Å². The van der Waals surface area contributed by atoms with Crippen LogP contribution in [0, 0.1) is 23.7 Å². The average molecular weight is 321 g/mol. The first-order chi connectivity index (χ1) is 11.1. The van der Waals surface area contributed by atoms with E-state index in [1.54, 1.807) is 0 Å². The molecule has 6 nitrogen and oxygen atoms in total. The van der Waals surface area contributed by atoms with Crippen LogP contribution in [-0.2, 0) is 4.74 Å². The van der Waals surface area contributed by atoms with Gasteiger partial charge in [-0.15, -0.1) is 0 Å². The third kappa shape index (κ3) is 2.88.